The fourth-order valence-electron chi connectivity index (χ4n) is 0.929. The van der Waals surface area contributed by atoms with E-state index in [1.807, 2.05) is 11.4 Å². The molecule has 2 aromatic heterocycles. The van der Waals surface area contributed by atoms with Gasteiger partial charge in [-0.15, -0.1) is 11.3 Å². The first-order chi connectivity index (χ1) is 6.66. The van der Waals surface area contributed by atoms with Crippen molar-refractivity contribution in [2.45, 2.75) is 0 Å². The van der Waals surface area contributed by atoms with Gasteiger partial charge in [0, 0.05) is 11.6 Å². The van der Waals surface area contributed by atoms with Crippen LogP contribution in [-0.4, -0.2) is 9.97 Å². The molecule has 0 unspecified atom stereocenters. The molecule has 0 atom stereocenters. The molecule has 0 aliphatic rings. The van der Waals surface area contributed by atoms with Crippen molar-refractivity contribution in [3.63, 3.8) is 0 Å². The molecule has 2 N–H and O–H groups in total. The summed E-state index contributed by atoms with van der Waals surface area (Å²) in [4.78, 5) is 9.18. The molecule has 3 nitrogen and oxygen atoms in total. The van der Waals surface area contributed by atoms with Gasteiger partial charge in [-0.1, -0.05) is 11.6 Å². The van der Waals surface area contributed by atoms with E-state index in [0.717, 1.165) is 4.88 Å². The smallest absolute Gasteiger partial charge is 0.171 e. The van der Waals surface area contributed by atoms with Gasteiger partial charge in [-0.2, -0.15) is 0 Å². The minimum atomic E-state index is 0.430. The highest BCUT2D eigenvalue weighted by atomic mass is 79.9. The first-order valence-corrected chi connectivity index (χ1v) is 5.74. The highest BCUT2D eigenvalue weighted by molar-refractivity contribution is 9.10. The number of nitrogens with zero attached hydrogens (tertiary/aromatic N) is 2. The molecule has 2 aromatic rings. The van der Waals surface area contributed by atoms with Crippen LogP contribution in [0.5, 0.6) is 0 Å². The zero-order chi connectivity index (χ0) is 10.1. The van der Waals surface area contributed by atoms with Crippen molar-refractivity contribution >= 4 is 44.7 Å². The highest BCUT2D eigenvalue weighted by Gasteiger charge is 2.06. The van der Waals surface area contributed by atoms with Crippen LogP contribution in [0.4, 0.5) is 5.82 Å². The molecule has 0 amide bonds. The number of rotatable bonds is 1. The molecule has 72 valence electrons. The molecular weight excluding hydrogens is 286 g/mol. The van der Waals surface area contributed by atoms with Gasteiger partial charge >= 0.3 is 0 Å². The molecule has 2 rings (SSSR count). The Morgan fingerprint density at radius 2 is 2.29 bits per heavy atom. The number of hydrogen-bond acceptors (Lipinski definition) is 4. The molecule has 0 bridgehead atoms. The predicted octanol–water partition coefficient (Wildman–Crippen LogP) is 3.20. The van der Waals surface area contributed by atoms with Gasteiger partial charge < -0.3 is 5.73 Å². The summed E-state index contributed by atoms with van der Waals surface area (Å²) in [6.07, 6.45) is 1.63. The van der Waals surface area contributed by atoms with Crippen molar-refractivity contribution in [1.29, 1.82) is 0 Å². The fourth-order valence-corrected chi connectivity index (χ4v) is 2.13. The maximum atomic E-state index is 5.80. The molecule has 0 radical (unpaired) electrons. The minimum absolute atomic E-state index is 0.430. The largest absolute Gasteiger partial charge is 0.383 e. The molecule has 0 spiro atoms. The van der Waals surface area contributed by atoms with Crippen molar-refractivity contribution in [1.82, 2.24) is 9.97 Å². The number of halogens is 2. The van der Waals surface area contributed by atoms with E-state index in [4.69, 9.17) is 17.3 Å². The van der Waals surface area contributed by atoms with E-state index in [2.05, 4.69) is 25.9 Å². The lowest BCUT2D eigenvalue weighted by Crippen LogP contribution is -1.95. The summed E-state index contributed by atoms with van der Waals surface area (Å²) in [5.41, 5.74) is 5.64. The molecule has 0 aliphatic carbocycles. The van der Waals surface area contributed by atoms with Gasteiger partial charge in [-0.3, -0.25) is 0 Å². The van der Waals surface area contributed by atoms with E-state index < -0.39 is 0 Å². The van der Waals surface area contributed by atoms with Gasteiger partial charge in [0.05, 0.1) is 14.4 Å². The second kappa shape index (κ2) is 3.84. The van der Waals surface area contributed by atoms with E-state index in [-0.39, 0.29) is 0 Å². The van der Waals surface area contributed by atoms with Gasteiger partial charge in [-0.25, -0.2) is 9.97 Å². The molecule has 14 heavy (non-hydrogen) atoms. The highest BCUT2D eigenvalue weighted by Crippen LogP contribution is 2.28. The summed E-state index contributed by atoms with van der Waals surface area (Å²) >= 11 is 10.5. The third-order valence-electron chi connectivity index (χ3n) is 1.56. The topological polar surface area (TPSA) is 51.8 Å². The normalized spacial score (nSPS) is 10.4. The minimum Gasteiger partial charge on any atom is -0.383 e. The van der Waals surface area contributed by atoms with Crippen molar-refractivity contribution in [3.8, 4) is 10.7 Å². The first-order valence-electron chi connectivity index (χ1n) is 3.69. The van der Waals surface area contributed by atoms with Gasteiger partial charge in [0.15, 0.2) is 5.82 Å². The van der Waals surface area contributed by atoms with E-state index in [0.29, 0.717) is 21.1 Å². The number of thiophene rings is 1. The average Bonchev–Trinajstić information content (AvgIpc) is 2.57. The molecule has 2 heterocycles. The number of aromatic nitrogens is 2. The lowest BCUT2D eigenvalue weighted by atomic mass is 10.4. The quantitative estimate of drug-likeness (QED) is 0.877. The van der Waals surface area contributed by atoms with E-state index in [1.165, 1.54) is 11.3 Å². The van der Waals surface area contributed by atoms with Crippen molar-refractivity contribution in [2.75, 3.05) is 5.73 Å². The van der Waals surface area contributed by atoms with Gasteiger partial charge in [0.2, 0.25) is 0 Å². The third kappa shape index (κ3) is 1.89. The summed E-state index contributed by atoms with van der Waals surface area (Å²) in [7, 11) is 0. The van der Waals surface area contributed by atoms with Crippen molar-refractivity contribution in [2.24, 2.45) is 0 Å². The molecule has 6 heteroatoms. The Kier molecular flexibility index (Phi) is 2.71. The Bertz CT molecular complexity index is 471. The Morgan fingerprint density at radius 3 is 2.86 bits per heavy atom. The van der Waals surface area contributed by atoms with Gasteiger partial charge in [0.25, 0.3) is 0 Å². The number of nitrogen functional groups attached to an aromatic ring is 1. The van der Waals surface area contributed by atoms with Crippen LogP contribution in [-0.2, 0) is 0 Å². The second-order valence-electron chi connectivity index (χ2n) is 2.56. The number of nitrogens with two attached hydrogens (primary N) is 1. The van der Waals surface area contributed by atoms with E-state index in [1.54, 1.807) is 6.20 Å². The van der Waals surface area contributed by atoms with Gasteiger partial charge in [0.1, 0.15) is 5.82 Å². The zero-order valence-corrected chi connectivity index (χ0v) is 10.0. The van der Waals surface area contributed by atoms with Crippen molar-refractivity contribution < 1.29 is 0 Å². The molecule has 0 aromatic carbocycles. The summed E-state index contributed by atoms with van der Waals surface area (Å²) in [5, 5.41) is 2.52. The molecule has 0 saturated heterocycles. The van der Waals surface area contributed by atoms with E-state index in [9.17, 15) is 0 Å². The number of anilines is 1. The standard InChI is InChI=1S/C8H5BrClN3S/c9-5-2-12-8(13-7(5)11)6-1-4(10)3-14-6/h1-3H,(H2,11,12,13). The Balaban J connectivity index is 2.47. The summed E-state index contributed by atoms with van der Waals surface area (Å²) < 4.78 is 0.698. The van der Waals surface area contributed by atoms with Crippen LogP contribution in [0, 0.1) is 0 Å². The Hall–Kier alpha value is -0.650. The van der Waals surface area contributed by atoms with Crippen LogP contribution in [0.25, 0.3) is 10.7 Å². The molecule has 0 saturated carbocycles. The Labute approximate surface area is 98.1 Å². The Morgan fingerprint density at radius 1 is 1.50 bits per heavy atom. The monoisotopic (exact) mass is 289 g/mol. The zero-order valence-electron chi connectivity index (χ0n) is 6.87. The molecule has 0 fully saturated rings. The second-order valence-corrected chi connectivity index (χ2v) is 4.76. The van der Waals surface area contributed by atoms with Crippen LogP contribution in [0.1, 0.15) is 0 Å². The maximum absolute atomic E-state index is 5.80. The third-order valence-corrected chi connectivity index (χ3v) is 3.44. The maximum Gasteiger partial charge on any atom is 0.171 e. The van der Waals surface area contributed by atoms with Crippen LogP contribution in [0.3, 0.4) is 0 Å². The summed E-state index contributed by atoms with van der Waals surface area (Å²) in [6, 6.07) is 1.81. The molecular formula is C8H5BrClN3S. The first kappa shape index (κ1) is 9.89. The van der Waals surface area contributed by atoms with E-state index >= 15 is 0 Å². The van der Waals surface area contributed by atoms with Crippen LogP contribution >= 0.6 is 38.9 Å². The number of hydrogen-bond donors (Lipinski definition) is 1. The summed E-state index contributed by atoms with van der Waals surface area (Å²) in [5.74, 6) is 1.03. The lowest BCUT2D eigenvalue weighted by molar-refractivity contribution is 1.18. The van der Waals surface area contributed by atoms with Crippen molar-refractivity contribution in [3.05, 3.63) is 27.1 Å². The average molecular weight is 291 g/mol. The molecule has 0 aliphatic heterocycles. The van der Waals surface area contributed by atoms with Crippen LogP contribution in [0.2, 0.25) is 5.02 Å². The van der Waals surface area contributed by atoms with Crippen LogP contribution < -0.4 is 5.73 Å². The van der Waals surface area contributed by atoms with Crippen LogP contribution in [0.15, 0.2) is 22.1 Å². The fraction of sp³-hybridized carbons (Fsp3) is 0. The summed E-state index contributed by atoms with van der Waals surface area (Å²) in [6.45, 7) is 0. The van der Waals surface area contributed by atoms with Gasteiger partial charge in [-0.05, 0) is 22.0 Å². The SMILES string of the molecule is Nc1nc(-c2cc(Cl)cs2)ncc1Br. The predicted molar refractivity (Wildman–Crippen MR) is 62.5 cm³/mol. The lowest BCUT2D eigenvalue weighted by Gasteiger charge is -1.98.